The molecule has 0 unspecified atom stereocenters. The minimum atomic E-state index is -3.81. The van der Waals surface area contributed by atoms with Crippen molar-refractivity contribution in [1.82, 2.24) is 4.31 Å². The molecule has 0 saturated heterocycles. The monoisotopic (exact) mass is 447 g/mol. The lowest BCUT2D eigenvalue weighted by Gasteiger charge is -2.30. The van der Waals surface area contributed by atoms with Gasteiger partial charge in [-0.3, -0.25) is 9.10 Å². The first kappa shape index (κ1) is 22.3. The van der Waals surface area contributed by atoms with Crippen molar-refractivity contribution in [3.05, 3.63) is 65.6 Å². The molecule has 1 amide bonds. The van der Waals surface area contributed by atoms with Gasteiger partial charge in [0.15, 0.2) is 12.4 Å². The number of allylic oxidation sites excluding steroid dienone is 1. The molecule has 3 rings (SSSR count). The summed E-state index contributed by atoms with van der Waals surface area (Å²) in [6, 6.07) is 12.0. The zero-order valence-corrected chi connectivity index (χ0v) is 18.1. The fraction of sp³-hybridized carbons (Fsp3) is 0.238. The summed E-state index contributed by atoms with van der Waals surface area (Å²) < 4.78 is 45.9. The Bertz CT molecular complexity index is 1160. The first-order chi connectivity index (χ1) is 14.8. The molecule has 1 heterocycles. The number of oxime groups is 1. The summed E-state index contributed by atoms with van der Waals surface area (Å²) in [6.07, 6.45) is 0. The van der Waals surface area contributed by atoms with Crippen molar-refractivity contribution in [2.75, 3.05) is 25.6 Å². The van der Waals surface area contributed by atoms with Gasteiger partial charge in [0, 0.05) is 18.3 Å². The quantitative estimate of drug-likeness (QED) is 0.519. The Hall–Kier alpha value is -3.40. The lowest BCUT2D eigenvalue weighted by molar-refractivity contribution is -0.120. The van der Waals surface area contributed by atoms with Crippen LogP contribution in [0.3, 0.4) is 0 Å². The van der Waals surface area contributed by atoms with E-state index < -0.39 is 28.4 Å². The number of hydrogen-bond donors (Lipinski definition) is 1. The maximum absolute atomic E-state index is 13.2. The van der Waals surface area contributed by atoms with E-state index >= 15 is 0 Å². The van der Waals surface area contributed by atoms with Crippen molar-refractivity contribution in [2.24, 2.45) is 5.16 Å². The van der Waals surface area contributed by atoms with Crippen LogP contribution in [0.2, 0.25) is 0 Å². The van der Waals surface area contributed by atoms with Gasteiger partial charge in [0.1, 0.15) is 17.2 Å². The first-order valence-electron chi connectivity index (χ1n) is 9.43. The molecular weight excluding hydrogens is 425 g/mol. The first-order valence-corrected chi connectivity index (χ1v) is 10.9. The molecule has 0 atom stereocenters. The summed E-state index contributed by atoms with van der Waals surface area (Å²) in [6.45, 7) is 3.21. The van der Waals surface area contributed by atoms with Crippen LogP contribution >= 0.6 is 0 Å². The molecule has 1 N–H and O–H groups in total. The topological polar surface area (TPSA) is 97.3 Å². The molecule has 0 saturated carbocycles. The van der Waals surface area contributed by atoms with Crippen LogP contribution in [0.4, 0.5) is 10.1 Å². The second-order valence-electron chi connectivity index (χ2n) is 6.59. The number of halogens is 1. The van der Waals surface area contributed by atoms with Crippen molar-refractivity contribution in [1.29, 1.82) is 0 Å². The molecule has 31 heavy (non-hydrogen) atoms. The minimum absolute atomic E-state index is 0.132. The number of fused-ring (bicyclic) bond motifs is 1. The number of benzene rings is 2. The summed E-state index contributed by atoms with van der Waals surface area (Å²) in [5, 5.41) is 6.39. The predicted octanol–water partition coefficient (Wildman–Crippen LogP) is 3.20. The molecule has 2 aromatic rings. The van der Waals surface area contributed by atoms with Gasteiger partial charge in [0.2, 0.25) is 0 Å². The Balaban J connectivity index is 1.83. The van der Waals surface area contributed by atoms with Crippen molar-refractivity contribution >= 4 is 33.1 Å². The zero-order chi connectivity index (χ0) is 22.6. The highest BCUT2D eigenvalue weighted by atomic mass is 32.2. The van der Waals surface area contributed by atoms with Gasteiger partial charge in [0.05, 0.1) is 11.5 Å². The molecule has 0 aromatic heterocycles. The smallest absolute Gasteiger partial charge is 0.265 e. The van der Waals surface area contributed by atoms with Crippen molar-refractivity contribution < 1.29 is 27.2 Å². The molecule has 0 bridgehead atoms. The molecular formula is C21H22FN3O5S. The van der Waals surface area contributed by atoms with E-state index in [0.717, 1.165) is 4.31 Å². The van der Waals surface area contributed by atoms with Crippen molar-refractivity contribution in [3.8, 4) is 0 Å². The Morgan fingerprint density at radius 2 is 1.94 bits per heavy atom. The van der Waals surface area contributed by atoms with Gasteiger partial charge in [-0.1, -0.05) is 23.4 Å². The van der Waals surface area contributed by atoms with Crippen molar-refractivity contribution in [2.45, 2.75) is 18.7 Å². The van der Waals surface area contributed by atoms with Crippen LogP contribution < -0.4 is 5.32 Å². The number of amides is 1. The number of carbonyl (C=O) groups excluding carboxylic acids is 1. The number of ether oxygens (including phenoxy) is 1. The SMILES string of the molecule is CCOC1=C(/C(C)=N/OCC(=O)Nc2cccc(F)c2)N(C)S(=O)(=O)c2ccccc21. The highest BCUT2D eigenvalue weighted by Crippen LogP contribution is 2.36. The van der Waals surface area contributed by atoms with Gasteiger partial charge < -0.3 is 14.9 Å². The number of rotatable bonds is 7. The zero-order valence-electron chi connectivity index (χ0n) is 17.3. The van der Waals surface area contributed by atoms with Gasteiger partial charge in [0.25, 0.3) is 15.9 Å². The molecule has 164 valence electrons. The number of nitrogens with one attached hydrogen (secondary N) is 1. The average molecular weight is 447 g/mol. The van der Waals surface area contributed by atoms with Crippen LogP contribution in [0.1, 0.15) is 19.4 Å². The maximum atomic E-state index is 13.2. The number of hydrogen-bond acceptors (Lipinski definition) is 6. The molecule has 0 fully saturated rings. The molecule has 0 radical (unpaired) electrons. The van der Waals surface area contributed by atoms with E-state index in [1.807, 2.05) is 0 Å². The van der Waals surface area contributed by atoms with Crippen LogP contribution in [-0.4, -0.2) is 44.6 Å². The Labute approximate surface area is 180 Å². The third-order valence-electron chi connectivity index (χ3n) is 4.44. The van der Waals surface area contributed by atoms with E-state index in [1.165, 1.54) is 37.4 Å². The minimum Gasteiger partial charge on any atom is -0.491 e. The van der Waals surface area contributed by atoms with Crippen LogP contribution in [0.5, 0.6) is 0 Å². The fourth-order valence-electron chi connectivity index (χ4n) is 3.09. The van der Waals surface area contributed by atoms with Crippen LogP contribution in [0, 0.1) is 5.82 Å². The van der Waals surface area contributed by atoms with Crippen LogP contribution in [0.15, 0.2) is 64.3 Å². The highest BCUT2D eigenvalue weighted by molar-refractivity contribution is 7.89. The Morgan fingerprint density at radius 1 is 1.19 bits per heavy atom. The van der Waals surface area contributed by atoms with Gasteiger partial charge in [-0.05, 0) is 44.2 Å². The van der Waals surface area contributed by atoms with Crippen LogP contribution in [-0.2, 0) is 24.4 Å². The summed E-state index contributed by atoms with van der Waals surface area (Å²) in [7, 11) is -2.41. The average Bonchev–Trinajstić information content (AvgIpc) is 2.72. The number of nitrogens with zero attached hydrogens (tertiary/aromatic N) is 2. The van der Waals surface area contributed by atoms with E-state index in [2.05, 4.69) is 10.5 Å². The summed E-state index contributed by atoms with van der Waals surface area (Å²) in [5.74, 6) is -0.676. The number of carbonyl (C=O) groups is 1. The lowest BCUT2D eigenvalue weighted by Crippen LogP contribution is -2.35. The lowest BCUT2D eigenvalue weighted by atomic mass is 10.1. The molecule has 0 spiro atoms. The Morgan fingerprint density at radius 3 is 2.65 bits per heavy atom. The van der Waals surface area contributed by atoms with Gasteiger partial charge in [-0.15, -0.1) is 0 Å². The van der Waals surface area contributed by atoms with Crippen molar-refractivity contribution in [3.63, 3.8) is 0 Å². The van der Waals surface area contributed by atoms with E-state index in [9.17, 15) is 17.6 Å². The normalized spacial score (nSPS) is 15.4. The molecule has 10 heteroatoms. The van der Waals surface area contributed by atoms with Gasteiger partial charge >= 0.3 is 0 Å². The van der Waals surface area contributed by atoms with Gasteiger partial charge in [-0.2, -0.15) is 0 Å². The van der Waals surface area contributed by atoms with Crippen LogP contribution in [0.25, 0.3) is 5.76 Å². The van der Waals surface area contributed by atoms with E-state index in [1.54, 1.807) is 32.0 Å². The van der Waals surface area contributed by atoms with E-state index in [4.69, 9.17) is 9.57 Å². The van der Waals surface area contributed by atoms with E-state index in [0.29, 0.717) is 17.9 Å². The third-order valence-corrected chi connectivity index (χ3v) is 6.25. The molecule has 1 aliphatic heterocycles. The molecule has 2 aromatic carbocycles. The fourth-order valence-corrected chi connectivity index (χ4v) is 4.53. The summed E-state index contributed by atoms with van der Waals surface area (Å²) >= 11 is 0. The third kappa shape index (κ3) is 4.69. The molecule has 8 nitrogen and oxygen atoms in total. The summed E-state index contributed by atoms with van der Waals surface area (Å²) in [4.78, 5) is 17.3. The Kier molecular flexibility index (Phi) is 6.59. The van der Waals surface area contributed by atoms with E-state index in [-0.39, 0.29) is 22.0 Å². The second-order valence-corrected chi connectivity index (χ2v) is 8.53. The largest absolute Gasteiger partial charge is 0.491 e. The standard InChI is InChI=1S/C21H22FN3O5S/c1-4-29-21-17-10-5-6-11-18(17)31(27,28)25(3)20(21)14(2)24-30-13-19(26)23-16-9-7-8-15(22)12-16/h5-12H,4,13H2,1-3H3,(H,23,26)/b24-14+. The molecule has 1 aliphatic rings. The van der Waals surface area contributed by atoms with Gasteiger partial charge in [-0.25, -0.2) is 12.8 Å². The molecule has 0 aliphatic carbocycles. The number of sulfonamides is 1. The summed E-state index contributed by atoms with van der Waals surface area (Å²) in [5.41, 5.74) is 1.13. The number of anilines is 1. The highest BCUT2D eigenvalue weighted by Gasteiger charge is 2.36. The second kappa shape index (κ2) is 9.17. The maximum Gasteiger partial charge on any atom is 0.265 e. The predicted molar refractivity (Wildman–Crippen MR) is 114 cm³/mol.